The Balaban J connectivity index is 2.23. The highest BCUT2D eigenvalue weighted by atomic mass is 79.9. The van der Waals surface area contributed by atoms with E-state index in [1.165, 1.54) is 0 Å². The molecule has 182 valence electrons. The van der Waals surface area contributed by atoms with Crippen molar-refractivity contribution in [2.75, 3.05) is 23.8 Å². The fourth-order valence-corrected chi connectivity index (χ4v) is 4.83. The molecule has 35 heavy (non-hydrogen) atoms. The SMILES string of the molecule is CCOC(=O)c1c(NCCBr)sc(N=Nc2c(Br)cc([N+](=O)[O-])cc2[N+](=O)[O-])c1-c1ccccc1. The maximum Gasteiger partial charge on any atom is 0.341 e. The number of esters is 1. The van der Waals surface area contributed by atoms with E-state index in [4.69, 9.17) is 4.74 Å². The second-order valence-electron chi connectivity index (χ2n) is 6.70. The number of nitro groups is 2. The summed E-state index contributed by atoms with van der Waals surface area (Å²) in [7, 11) is 0. The van der Waals surface area contributed by atoms with Crippen molar-refractivity contribution in [3.63, 3.8) is 0 Å². The second-order valence-corrected chi connectivity index (χ2v) is 9.34. The van der Waals surface area contributed by atoms with Crippen molar-refractivity contribution in [2.45, 2.75) is 6.92 Å². The average molecular weight is 627 g/mol. The number of non-ortho nitro benzene ring substituents is 1. The number of alkyl halides is 1. The van der Waals surface area contributed by atoms with Crippen molar-refractivity contribution < 1.29 is 19.4 Å². The molecular weight excluding hydrogens is 610 g/mol. The first-order valence-electron chi connectivity index (χ1n) is 10.0. The third-order valence-corrected chi connectivity index (χ3v) is 6.52. The van der Waals surface area contributed by atoms with Gasteiger partial charge in [0.25, 0.3) is 5.69 Å². The summed E-state index contributed by atoms with van der Waals surface area (Å²) in [4.78, 5) is 34.1. The lowest BCUT2D eigenvalue weighted by Crippen LogP contribution is -2.10. The van der Waals surface area contributed by atoms with Gasteiger partial charge in [-0.05, 0) is 28.4 Å². The summed E-state index contributed by atoms with van der Waals surface area (Å²) in [5.74, 6) is -0.552. The van der Waals surface area contributed by atoms with Gasteiger partial charge in [0.05, 0.1) is 27.0 Å². The molecule has 2 aromatic carbocycles. The summed E-state index contributed by atoms with van der Waals surface area (Å²) in [6.45, 7) is 2.38. The highest BCUT2D eigenvalue weighted by Gasteiger charge is 2.27. The lowest BCUT2D eigenvalue weighted by Gasteiger charge is -2.08. The van der Waals surface area contributed by atoms with Crippen molar-refractivity contribution in [3.05, 3.63) is 72.7 Å². The van der Waals surface area contributed by atoms with Gasteiger partial charge in [-0.15, -0.1) is 10.2 Å². The summed E-state index contributed by atoms with van der Waals surface area (Å²) in [6, 6.07) is 10.9. The Morgan fingerprint density at radius 3 is 2.46 bits per heavy atom. The largest absolute Gasteiger partial charge is 0.462 e. The van der Waals surface area contributed by atoms with Crippen molar-refractivity contribution in [2.24, 2.45) is 10.2 Å². The highest BCUT2D eigenvalue weighted by molar-refractivity contribution is 9.10. The molecule has 0 aliphatic heterocycles. The Morgan fingerprint density at radius 2 is 1.86 bits per heavy atom. The van der Waals surface area contributed by atoms with Gasteiger partial charge in [-0.25, -0.2) is 4.79 Å². The van der Waals surface area contributed by atoms with Crippen LogP contribution in [0.1, 0.15) is 17.3 Å². The zero-order chi connectivity index (χ0) is 25.5. The second kappa shape index (κ2) is 12.0. The maximum atomic E-state index is 12.9. The molecule has 0 aliphatic carbocycles. The smallest absolute Gasteiger partial charge is 0.341 e. The zero-order valence-corrected chi connectivity index (χ0v) is 22.1. The number of ether oxygens (including phenoxy) is 1. The van der Waals surface area contributed by atoms with Crippen molar-refractivity contribution in [1.29, 1.82) is 0 Å². The average Bonchev–Trinajstić information content (AvgIpc) is 3.20. The normalized spacial score (nSPS) is 10.9. The van der Waals surface area contributed by atoms with Crippen LogP contribution in [0, 0.1) is 20.2 Å². The van der Waals surface area contributed by atoms with E-state index < -0.39 is 27.2 Å². The van der Waals surface area contributed by atoms with Gasteiger partial charge in [0.15, 0.2) is 5.69 Å². The van der Waals surface area contributed by atoms with Gasteiger partial charge in [0, 0.05) is 23.5 Å². The quantitative estimate of drug-likeness (QED) is 0.0810. The van der Waals surface area contributed by atoms with Crippen LogP contribution in [0.5, 0.6) is 0 Å². The minimum Gasteiger partial charge on any atom is -0.462 e. The van der Waals surface area contributed by atoms with Crippen LogP contribution in [-0.4, -0.2) is 34.3 Å². The summed E-state index contributed by atoms with van der Waals surface area (Å²) in [5, 5.41) is 35.6. The van der Waals surface area contributed by atoms with E-state index in [0.717, 1.165) is 23.5 Å². The van der Waals surface area contributed by atoms with Gasteiger partial charge < -0.3 is 10.1 Å². The summed E-state index contributed by atoms with van der Waals surface area (Å²) >= 11 is 7.60. The molecule has 1 N–H and O–H groups in total. The monoisotopic (exact) mass is 625 g/mol. The highest BCUT2D eigenvalue weighted by Crippen LogP contribution is 2.48. The molecule has 0 radical (unpaired) electrons. The van der Waals surface area contributed by atoms with Gasteiger partial charge in [-0.1, -0.05) is 57.6 Å². The minimum absolute atomic E-state index is 0.0308. The number of rotatable bonds is 10. The number of nitro benzene ring substituents is 2. The van der Waals surface area contributed by atoms with Gasteiger partial charge in [-0.2, -0.15) is 0 Å². The molecule has 0 aliphatic rings. The molecule has 0 spiro atoms. The van der Waals surface area contributed by atoms with Crippen LogP contribution in [0.4, 0.5) is 27.1 Å². The number of azo groups is 1. The molecular formula is C21H17Br2N5O6S. The van der Waals surface area contributed by atoms with E-state index in [-0.39, 0.29) is 22.3 Å². The van der Waals surface area contributed by atoms with Crippen molar-refractivity contribution >= 4 is 76.2 Å². The molecule has 3 aromatic rings. The van der Waals surface area contributed by atoms with Gasteiger partial charge >= 0.3 is 11.7 Å². The first-order chi connectivity index (χ1) is 16.8. The molecule has 3 rings (SSSR count). The topological polar surface area (TPSA) is 149 Å². The van der Waals surface area contributed by atoms with E-state index in [2.05, 4.69) is 47.4 Å². The predicted octanol–water partition coefficient (Wildman–Crippen LogP) is 7.39. The Hall–Kier alpha value is -3.23. The number of benzene rings is 2. The van der Waals surface area contributed by atoms with E-state index >= 15 is 0 Å². The molecule has 0 amide bonds. The summed E-state index contributed by atoms with van der Waals surface area (Å²) in [6.07, 6.45) is 0. The van der Waals surface area contributed by atoms with Crippen LogP contribution in [0.3, 0.4) is 0 Å². The Kier molecular flexibility index (Phi) is 9.01. The Labute approximate surface area is 219 Å². The number of hydrogen-bond acceptors (Lipinski definition) is 10. The molecule has 0 unspecified atom stereocenters. The van der Waals surface area contributed by atoms with Crippen LogP contribution in [-0.2, 0) is 4.74 Å². The van der Waals surface area contributed by atoms with Gasteiger partial charge in [0.2, 0.25) is 0 Å². The lowest BCUT2D eigenvalue weighted by molar-refractivity contribution is -0.393. The number of halogens is 2. The molecule has 14 heteroatoms. The lowest BCUT2D eigenvalue weighted by atomic mass is 10.0. The van der Waals surface area contributed by atoms with E-state index in [1.54, 1.807) is 31.2 Å². The first-order valence-corrected chi connectivity index (χ1v) is 12.7. The fourth-order valence-electron chi connectivity index (χ4n) is 3.06. The minimum atomic E-state index is -0.772. The summed E-state index contributed by atoms with van der Waals surface area (Å²) < 4.78 is 5.31. The molecule has 0 saturated carbocycles. The summed E-state index contributed by atoms with van der Waals surface area (Å²) in [5.41, 5.74) is 0.154. The number of carbonyl (C=O) groups is 1. The molecule has 0 atom stereocenters. The Bertz CT molecular complexity index is 1300. The van der Waals surface area contributed by atoms with Gasteiger partial charge in [0.1, 0.15) is 15.6 Å². The van der Waals surface area contributed by atoms with Crippen LogP contribution in [0.2, 0.25) is 0 Å². The van der Waals surface area contributed by atoms with Crippen molar-refractivity contribution in [1.82, 2.24) is 0 Å². The predicted molar refractivity (Wildman–Crippen MR) is 140 cm³/mol. The number of nitrogens with one attached hydrogen (secondary N) is 1. The number of thiophene rings is 1. The molecule has 1 heterocycles. The number of nitrogens with zero attached hydrogens (tertiary/aromatic N) is 4. The fraction of sp³-hybridized carbons (Fsp3) is 0.190. The van der Waals surface area contributed by atoms with Crippen LogP contribution in [0.15, 0.2) is 57.2 Å². The molecule has 0 bridgehead atoms. The van der Waals surface area contributed by atoms with Crippen LogP contribution < -0.4 is 5.32 Å². The maximum absolute atomic E-state index is 12.9. The van der Waals surface area contributed by atoms with Crippen molar-refractivity contribution in [3.8, 4) is 11.1 Å². The first kappa shape index (κ1) is 26.4. The van der Waals surface area contributed by atoms with Crippen LogP contribution >= 0.6 is 43.2 Å². The van der Waals surface area contributed by atoms with E-state index in [0.29, 0.717) is 33.0 Å². The molecule has 11 nitrogen and oxygen atoms in total. The Morgan fingerprint density at radius 1 is 1.14 bits per heavy atom. The number of carbonyl (C=O) groups excluding carboxylic acids is 1. The van der Waals surface area contributed by atoms with E-state index in [1.807, 2.05) is 6.07 Å². The third kappa shape index (κ3) is 6.07. The third-order valence-electron chi connectivity index (χ3n) is 4.49. The van der Waals surface area contributed by atoms with Gasteiger partial charge in [-0.3, -0.25) is 20.2 Å². The molecule has 0 saturated heterocycles. The standard InChI is InChI=1S/C21H17Br2N5O6S/c1-2-34-21(29)17-16(12-6-4-3-5-7-12)20(35-19(17)24-9-8-22)26-25-18-14(23)10-13(27(30)31)11-15(18)28(32)33/h3-7,10-11,24H,2,8-9H2,1H3. The molecule has 1 aromatic heterocycles. The number of anilines is 1. The van der Waals surface area contributed by atoms with E-state index in [9.17, 15) is 25.0 Å². The number of hydrogen-bond donors (Lipinski definition) is 1. The molecule has 0 fully saturated rings. The van der Waals surface area contributed by atoms with Crippen LogP contribution in [0.25, 0.3) is 11.1 Å². The zero-order valence-electron chi connectivity index (χ0n) is 18.1.